The topological polar surface area (TPSA) is 52.6 Å². The highest BCUT2D eigenvalue weighted by Gasteiger charge is 2.14. The quantitative estimate of drug-likeness (QED) is 0.571. The summed E-state index contributed by atoms with van der Waals surface area (Å²) in [6, 6.07) is 5.62. The van der Waals surface area contributed by atoms with Gasteiger partial charge >= 0.3 is 11.9 Å². The van der Waals surface area contributed by atoms with Crippen LogP contribution >= 0.6 is 11.8 Å². The highest BCUT2D eigenvalue weighted by molar-refractivity contribution is 7.98. The molecule has 0 radical (unpaired) electrons. The molecule has 1 aromatic rings. The van der Waals surface area contributed by atoms with E-state index < -0.39 is 0 Å². The van der Waals surface area contributed by atoms with Gasteiger partial charge in [0.15, 0.2) is 0 Å². The van der Waals surface area contributed by atoms with Crippen molar-refractivity contribution in [3.63, 3.8) is 0 Å². The number of benzene rings is 1. The Balaban J connectivity index is 2.88. The van der Waals surface area contributed by atoms with Crippen molar-refractivity contribution < 1.29 is 19.1 Å². The number of thioether (sulfide) groups is 1. The summed E-state index contributed by atoms with van der Waals surface area (Å²) >= 11 is 1.56. The molecule has 0 aliphatic heterocycles. The van der Waals surface area contributed by atoms with Gasteiger partial charge < -0.3 is 9.47 Å². The third-order valence-corrected chi connectivity index (χ3v) is 3.44. The molecule has 4 nitrogen and oxygen atoms in total. The average molecular weight is 296 g/mol. The lowest BCUT2D eigenvalue weighted by molar-refractivity contribution is -0.143. The molecule has 0 aromatic heterocycles. The van der Waals surface area contributed by atoms with Gasteiger partial charge in [0.2, 0.25) is 0 Å². The lowest BCUT2D eigenvalue weighted by Crippen LogP contribution is -2.11. The van der Waals surface area contributed by atoms with E-state index in [1.807, 2.05) is 24.5 Å². The number of rotatable bonds is 7. The maximum atomic E-state index is 12.0. The van der Waals surface area contributed by atoms with Crippen molar-refractivity contribution in [1.82, 2.24) is 0 Å². The molecule has 0 spiro atoms. The number of esters is 2. The molecule has 0 N–H and O–H groups in total. The smallest absolute Gasteiger partial charge is 0.338 e. The van der Waals surface area contributed by atoms with Crippen LogP contribution in [0.15, 0.2) is 23.1 Å². The van der Waals surface area contributed by atoms with Gasteiger partial charge in [-0.05, 0) is 44.2 Å². The first-order valence-electron chi connectivity index (χ1n) is 6.62. The summed E-state index contributed by atoms with van der Waals surface area (Å²) in [7, 11) is 0. The molecule has 0 unspecified atom stereocenters. The minimum Gasteiger partial charge on any atom is -0.466 e. The van der Waals surface area contributed by atoms with E-state index in [0.717, 1.165) is 10.5 Å². The Kier molecular flexibility index (Phi) is 7.15. The van der Waals surface area contributed by atoms with Crippen LogP contribution in [0.2, 0.25) is 0 Å². The minimum atomic E-state index is -0.345. The first-order chi connectivity index (χ1) is 9.62. The third-order valence-electron chi connectivity index (χ3n) is 2.72. The Labute approximate surface area is 123 Å². The molecule has 0 heterocycles. The van der Waals surface area contributed by atoms with Crippen molar-refractivity contribution >= 4 is 23.7 Å². The van der Waals surface area contributed by atoms with Crippen LogP contribution in [0, 0.1) is 0 Å². The molecule has 0 atom stereocenters. The molecule has 110 valence electrons. The maximum Gasteiger partial charge on any atom is 0.338 e. The molecule has 0 bridgehead atoms. The Bertz CT molecular complexity index is 471. The lowest BCUT2D eigenvalue weighted by Gasteiger charge is -2.10. The largest absolute Gasteiger partial charge is 0.466 e. The van der Waals surface area contributed by atoms with E-state index in [0.29, 0.717) is 25.2 Å². The first kappa shape index (κ1) is 16.6. The van der Waals surface area contributed by atoms with Crippen molar-refractivity contribution in [2.75, 3.05) is 19.5 Å². The summed E-state index contributed by atoms with van der Waals surface area (Å²) < 4.78 is 9.96. The molecule has 0 aliphatic rings. The molecule has 0 fully saturated rings. The van der Waals surface area contributed by atoms with E-state index in [4.69, 9.17) is 9.47 Å². The van der Waals surface area contributed by atoms with Crippen molar-refractivity contribution in [3.8, 4) is 0 Å². The number of aryl methyl sites for hydroxylation is 1. The van der Waals surface area contributed by atoms with Crippen LogP contribution in [0.3, 0.4) is 0 Å². The Hall–Kier alpha value is -1.49. The zero-order chi connectivity index (χ0) is 15.0. The summed E-state index contributed by atoms with van der Waals surface area (Å²) in [4.78, 5) is 24.4. The highest BCUT2D eigenvalue weighted by Crippen LogP contribution is 2.21. The van der Waals surface area contributed by atoms with Crippen LogP contribution in [-0.2, 0) is 20.7 Å². The van der Waals surface area contributed by atoms with Gasteiger partial charge in [-0.3, -0.25) is 4.79 Å². The van der Waals surface area contributed by atoms with Gasteiger partial charge in [-0.2, -0.15) is 0 Å². The SMILES string of the molecule is CCOC(=O)CCc1ccc(SC)cc1C(=O)OCC. The van der Waals surface area contributed by atoms with Crippen molar-refractivity contribution in [1.29, 1.82) is 0 Å². The van der Waals surface area contributed by atoms with Gasteiger partial charge in [0.25, 0.3) is 0 Å². The van der Waals surface area contributed by atoms with Crippen LogP contribution in [0.5, 0.6) is 0 Å². The maximum absolute atomic E-state index is 12.0. The molecule has 0 saturated heterocycles. The summed E-state index contributed by atoms with van der Waals surface area (Å²) in [6.45, 7) is 4.25. The predicted molar refractivity (Wildman–Crippen MR) is 79.1 cm³/mol. The number of ether oxygens (including phenoxy) is 2. The van der Waals surface area contributed by atoms with Gasteiger partial charge in [-0.25, -0.2) is 4.79 Å². The van der Waals surface area contributed by atoms with E-state index in [1.165, 1.54) is 0 Å². The summed E-state index contributed by atoms with van der Waals surface area (Å²) in [5, 5.41) is 0. The molecule has 0 aliphatic carbocycles. The van der Waals surface area contributed by atoms with Crippen molar-refractivity contribution in [2.45, 2.75) is 31.6 Å². The number of hydrogen-bond donors (Lipinski definition) is 0. The van der Waals surface area contributed by atoms with Gasteiger partial charge in [0.1, 0.15) is 0 Å². The standard InChI is InChI=1S/C15H20O4S/c1-4-18-14(16)9-7-11-6-8-12(20-3)10-13(11)15(17)19-5-2/h6,8,10H,4-5,7,9H2,1-3H3. The van der Waals surface area contributed by atoms with E-state index >= 15 is 0 Å². The molecule has 0 amide bonds. The van der Waals surface area contributed by atoms with E-state index in [1.54, 1.807) is 25.6 Å². The summed E-state index contributed by atoms with van der Waals surface area (Å²) in [6.07, 6.45) is 2.68. The zero-order valence-corrected chi connectivity index (χ0v) is 12.9. The van der Waals surface area contributed by atoms with Crippen molar-refractivity contribution in [3.05, 3.63) is 29.3 Å². The molecular formula is C15H20O4S. The number of carbonyl (C=O) groups excluding carboxylic acids is 2. The monoisotopic (exact) mass is 296 g/mol. The normalized spacial score (nSPS) is 10.2. The number of carbonyl (C=O) groups is 2. The fourth-order valence-electron chi connectivity index (χ4n) is 1.77. The molecule has 0 saturated carbocycles. The molecule has 1 rings (SSSR count). The van der Waals surface area contributed by atoms with E-state index in [-0.39, 0.29) is 18.4 Å². The first-order valence-corrected chi connectivity index (χ1v) is 7.84. The van der Waals surface area contributed by atoms with E-state index in [2.05, 4.69) is 0 Å². The molecular weight excluding hydrogens is 276 g/mol. The van der Waals surface area contributed by atoms with Crippen LogP contribution in [0.4, 0.5) is 0 Å². The van der Waals surface area contributed by atoms with Gasteiger partial charge in [-0.1, -0.05) is 6.07 Å². The molecule has 5 heteroatoms. The van der Waals surface area contributed by atoms with Gasteiger partial charge in [0, 0.05) is 11.3 Å². The van der Waals surface area contributed by atoms with Crippen LogP contribution in [0.1, 0.15) is 36.2 Å². The Morgan fingerprint density at radius 3 is 2.45 bits per heavy atom. The van der Waals surface area contributed by atoms with Crippen LogP contribution < -0.4 is 0 Å². The molecule has 1 aromatic carbocycles. The fraction of sp³-hybridized carbons (Fsp3) is 0.467. The van der Waals surface area contributed by atoms with Crippen molar-refractivity contribution in [2.24, 2.45) is 0 Å². The average Bonchev–Trinajstić information content (AvgIpc) is 2.45. The van der Waals surface area contributed by atoms with Gasteiger partial charge in [-0.15, -0.1) is 11.8 Å². The summed E-state index contributed by atoms with van der Waals surface area (Å²) in [5.74, 6) is -0.599. The van der Waals surface area contributed by atoms with Crippen LogP contribution in [-0.4, -0.2) is 31.4 Å². The lowest BCUT2D eigenvalue weighted by atomic mass is 10.0. The highest BCUT2D eigenvalue weighted by atomic mass is 32.2. The second-order valence-electron chi connectivity index (χ2n) is 4.05. The minimum absolute atomic E-state index is 0.253. The molecule has 20 heavy (non-hydrogen) atoms. The number of hydrogen-bond acceptors (Lipinski definition) is 5. The third kappa shape index (κ3) is 4.89. The van der Waals surface area contributed by atoms with Crippen LogP contribution in [0.25, 0.3) is 0 Å². The Morgan fingerprint density at radius 2 is 1.85 bits per heavy atom. The second kappa shape index (κ2) is 8.64. The van der Waals surface area contributed by atoms with Gasteiger partial charge in [0.05, 0.1) is 18.8 Å². The zero-order valence-electron chi connectivity index (χ0n) is 12.1. The van der Waals surface area contributed by atoms with E-state index in [9.17, 15) is 9.59 Å². The fourth-order valence-corrected chi connectivity index (χ4v) is 2.21. The predicted octanol–water partition coefficient (Wildman–Crippen LogP) is 3.08. The Morgan fingerprint density at radius 1 is 1.15 bits per heavy atom. The second-order valence-corrected chi connectivity index (χ2v) is 4.93. The summed E-state index contributed by atoms with van der Waals surface area (Å²) in [5.41, 5.74) is 1.34.